The highest BCUT2D eigenvalue weighted by atomic mass is 16.6. The van der Waals surface area contributed by atoms with E-state index in [1.165, 1.54) is 12.1 Å². The first-order chi connectivity index (χ1) is 13.0. The molecular weight excluding hydrogens is 348 g/mol. The zero-order chi connectivity index (χ0) is 19.4. The van der Waals surface area contributed by atoms with Gasteiger partial charge in [0, 0.05) is 23.9 Å². The maximum absolute atomic E-state index is 11.0. The Morgan fingerprint density at radius 1 is 1.33 bits per heavy atom. The van der Waals surface area contributed by atoms with Crippen LogP contribution in [0.1, 0.15) is 39.7 Å². The first kappa shape index (κ1) is 18.6. The lowest BCUT2D eigenvalue weighted by atomic mass is 10.3. The van der Waals surface area contributed by atoms with Gasteiger partial charge in [-0.15, -0.1) is 0 Å². The molecule has 9 heteroatoms. The Bertz CT molecular complexity index is 953. The number of nitro groups is 1. The molecule has 3 aromatic rings. The van der Waals surface area contributed by atoms with Gasteiger partial charge in [-0.05, 0) is 26.3 Å². The largest absolute Gasteiger partial charge is 0.463 e. The van der Waals surface area contributed by atoms with Gasteiger partial charge in [0.25, 0.3) is 5.69 Å². The lowest BCUT2D eigenvalue weighted by Crippen LogP contribution is -2.06. The van der Waals surface area contributed by atoms with Crippen molar-refractivity contribution in [2.75, 3.05) is 11.9 Å². The van der Waals surface area contributed by atoms with E-state index < -0.39 is 4.92 Å². The maximum Gasteiger partial charge on any atom is 0.320 e. The van der Waals surface area contributed by atoms with Gasteiger partial charge in [-0.25, -0.2) is 4.98 Å². The molecule has 0 atom stereocenters. The number of nitro benzene ring substituents is 1. The van der Waals surface area contributed by atoms with Gasteiger partial charge in [0.1, 0.15) is 0 Å². The minimum Gasteiger partial charge on any atom is -0.463 e. The highest BCUT2D eigenvalue weighted by Gasteiger charge is 2.16. The number of ether oxygens (including phenoxy) is 1. The normalized spacial score (nSPS) is 11.1. The van der Waals surface area contributed by atoms with Crippen LogP contribution in [0.5, 0.6) is 6.01 Å². The number of imidazole rings is 1. The van der Waals surface area contributed by atoms with Crippen LogP contribution >= 0.6 is 0 Å². The van der Waals surface area contributed by atoms with Gasteiger partial charge in [0.15, 0.2) is 17.0 Å². The van der Waals surface area contributed by atoms with E-state index in [2.05, 4.69) is 27.2 Å². The van der Waals surface area contributed by atoms with Crippen LogP contribution in [0.3, 0.4) is 0 Å². The van der Waals surface area contributed by atoms with Gasteiger partial charge in [0.2, 0.25) is 0 Å². The second kappa shape index (κ2) is 7.98. The number of unbranched alkanes of at least 4 members (excludes halogenated alkanes) is 1. The van der Waals surface area contributed by atoms with Crippen molar-refractivity contribution in [3.05, 3.63) is 40.7 Å². The van der Waals surface area contributed by atoms with E-state index in [4.69, 9.17) is 4.74 Å². The molecule has 1 aromatic carbocycles. The van der Waals surface area contributed by atoms with Gasteiger partial charge in [0.05, 0.1) is 17.9 Å². The van der Waals surface area contributed by atoms with Crippen molar-refractivity contribution in [2.45, 2.75) is 39.7 Å². The standard InChI is InChI=1S/C18H22N6O3/c1-4-5-9-27-18-21-16(15-17(22-18)23(11-19-15)12(2)3)20-13-7-6-8-14(10-13)24(25)26/h6-8,10-12H,4-5,9H2,1-3H3,(H,20,21,22). The molecule has 0 saturated heterocycles. The van der Waals surface area contributed by atoms with Gasteiger partial charge in [-0.2, -0.15) is 9.97 Å². The summed E-state index contributed by atoms with van der Waals surface area (Å²) in [5.41, 5.74) is 1.78. The number of nitrogens with zero attached hydrogens (tertiary/aromatic N) is 5. The number of aromatic nitrogens is 4. The highest BCUT2D eigenvalue weighted by molar-refractivity contribution is 5.86. The number of anilines is 2. The van der Waals surface area contributed by atoms with Crippen LogP contribution in [-0.2, 0) is 0 Å². The van der Waals surface area contributed by atoms with Gasteiger partial charge >= 0.3 is 6.01 Å². The summed E-state index contributed by atoms with van der Waals surface area (Å²) in [4.78, 5) is 23.9. The summed E-state index contributed by atoms with van der Waals surface area (Å²) in [6.45, 7) is 6.67. The molecule has 27 heavy (non-hydrogen) atoms. The van der Waals surface area contributed by atoms with E-state index in [9.17, 15) is 10.1 Å². The first-order valence-electron chi connectivity index (χ1n) is 8.88. The first-order valence-corrected chi connectivity index (χ1v) is 8.88. The number of benzene rings is 1. The summed E-state index contributed by atoms with van der Waals surface area (Å²) in [5, 5.41) is 14.1. The molecule has 142 valence electrons. The van der Waals surface area contributed by atoms with Crippen LogP contribution in [0, 0.1) is 10.1 Å². The molecule has 0 unspecified atom stereocenters. The lowest BCUT2D eigenvalue weighted by Gasteiger charge is -2.11. The molecule has 9 nitrogen and oxygen atoms in total. The molecule has 2 heterocycles. The predicted molar refractivity (Wildman–Crippen MR) is 102 cm³/mol. The number of nitrogens with one attached hydrogen (secondary N) is 1. The molecule has 3 rings (SSSR count). The summed E-state index contributed by atoms with van der Waals surface area (Å²) >= 11 is 0. The summed E-state index contributed by atoms with van der Waals surface area (Å²) in [6, 6.07) is 6.66. The molecule has 0 aliphatic heterocycles. The maximum atomic E-state index is 11.0. The van der Waals surface area contributed by atoms with E-state index in [1.54, 1.807) is 18.5 Å². The van der Waals surface area contributed by atoms with Crippen molar-refractivity contribution in [2.24, 2.45) is 0 Å². The van der Waals surface area contributed by atoms with Crippen molar-refractivity contribution < 1.29 is 9.66 Å². The van der Waals surface area contributed by atoms with Crippen LogP contribution in [0.15, 0.2) is 30.6 Å². The highest BCUT2D eigenvalue weighted by Crippen LogP contribution is 2.28. The van der Waals surface area contributed by atoms with Crippen molar-refractivity contribution in [3.8, 4) is 6.01 Å². The van der Waals surface area contributed by atoms with Crippen LogP contribution in [0.25, 0.3) is 11.2 Å². The fourth-order valence-electron chi connectivity index (χ4n) is 2.57. The second-order valence-corrected chi connectivity index (χ2v) is 6.41. The third-order valence-electron chi connectivity index (χ3n) is 4.01. The minimum absolute atomic E-state index is 0.00238. The fraction of sp³-hybridized carbons (Fsp3) is 0.389. The molecule has 0 spiro atoms. The molecule has 0 fully saturated rings. The number of hydrogen-bond acceptors (Lipinski definition) is 7. The Labute approximate surface area is 156 Å². The van der Waals surface area contributed by atoms with Crippen molar-refractivity contribution in [1.29, 1.82) is 0 Å². The van der Waals surface area contributed by atoms with E-state index in [0.717, 1.165) is 12.8 Å². The molecule has 0 saturated carbocycles. The molecule has 0 aliphatic carbocycles. The minimum atomic E-state index is -0.437. The van der Waals surface area contributed by atoms with Crippen molar-refractivity contribution >= 4 is 28.4 Å². The van der Waals surface area contributed by atoms with Crippen LogP contribution in [-0.4, -0.2) is 31.0 Å². The van der Waals surface area contributed by atoms with E-state index >= 15 is 0 Å². The zero-order valence-corrected chi connectivity index (χ0v) is 15.5. The lowest BCUT2D eigenvalue weighted by molar-refractivity contribution is -0.384. The molecule has 0 amide bonds. The Morgan fingerprint density at radius 3 is 2.85 bits per heavy atom. The van der Waals surface area contributed by atoms with E-state index in [0.29, 0.717) is 29.3 Å². The Kier molecular flexibility index (Phi) is 5.49. The summed E-state index contributed by atoms with van der Waals surface area (Å²) in [5.74, 6) is 0.450. The summed E-state index contributed by atoms with van der Waals surface area (Å²) < 4.78 is 7.62. The smallest absolute Gasteiger partial charge is 0.320 e. The van der Waals surface area contributed by atoms with E-state index in [1.807, 2.05) is 18.4 Å². The third kappa shape index (κ3) is 4.13. The average Bonchev–Trinajstić information content (AvgIpc) is 3.07. The fourth-order valence-corrected chi connectivity index (χ4v) is 2.57. The molecular formula is C18H22N6O3. The number of fused-ring (bicyclic) bond motifs is 1. The molecule has 0 aliphatic rings. The van der Waals surface area contributed by atoms with Crippen molar-refractivity contribution in [3.63, 3.8) is 0 Å². The average molecular weight is 370 g/mol. The van der Waals surface area contributed by atoms with Crippen LogP contribution < -0.4 is 10.1 Å². The molecule has 0 bridgehead atoms. The Hall–Kier alpha value is -3.23. The van der Waals surface area contributed by atoms with Crippen LogP contribution in [0.2, 0.25) is 0 Å². The molecule has 1 N–H and O–H groups in total. The number of non-ortho nitro benzene ring substituents is 1. The number of rotatable bonds is 8. The van der Waals surface area contributed by atoms with Gasteiger partial charge < -0.3 is 14.6 Å². The van der Waals surface area contributed by atoms with Crippen molar-refractivity contribution in [1.82, 2.24) is 19.5 Å². The quantitative estimate of drug-likeness (QED) is 0.359. The molecule has 2 aromatic heterocycles. The summed E-state index contributed by atoms with van der Waals surface area (Å²) in [7, 11) is 0. The Morgan fingerprint density at radius 2 is 2.15 bits per heavy atom. The monoisotopic (exact) mass is 370 g/mol. The zero-order valence-electron chi connectivity index (χ0n) is 15.5. The topological polar surface area (TPSA) is 108 Å². The second-order valence-electron chi connectivity index (χ2n) is 6.41. The van der Waals surface area contributed by atoms with E-state index in [-0.39, 0.29) is 17.7 Å². The summed E-state index contributed by atoms with van der Waals surface area (Å²) in [6.07, 6.45) is 3.61. The van der Waals surface area contributed by atoms with Gasteiger partial charge in [-0.1, -0.05) is 19.4 Å². The van der Waals surface area contributed by atoms with Gasteiger partial charge in [-0.3, -0.25) is 10.1 Å². The SMILES string of the molecule is CCCCOc1nc(Nc2cccc([N+](=O)[O-])c2)c2ncn(C(C)C)c2n1. The molecule has 0 radical (unpaired) electrons. The Balaban J connectivity index is 2.02. The number of hydrogen-bond donors (Lipinski definition) is 1. The predicted octanol–water partition coefficient (Wildman–Crippen LogP) is 4.24. The third-order valence-corrected chi connectivity index (χ3v) is 4.01. The van der Waals surface area contributed by atoms with Crippen LogP contribution in [0.4, 0.5) is 17.2 Å².